The van der Waals surface area contributed by atoms with Crippen LogP contribution in [-0.4, -0.2) is 16.2 Å². The molecule has 0 aliphatic heterocycles. The minimum absolute atomic E-state index is 0.0781. The zero-order chi connectivity index (χ0) is 10.4. The zero-order valence-corrected chi connectivity index (χ0v) is 7.43. The van der Waals surface area contributed by atoms with Crippen LogP contribution < -0.4 is 0 Å². The summed E-state index contributed by atoms with van der Waals surface area (Å²) in [6.45, 7) is 0. The summed E-state index contributed by atoms with van der Waals surface area (Å²) in [4.78, 5) is 10.7. The molecule has 0 amide bonds. The number of nitrogens with zero attached hydrogens (tertiary/aromatic N) is 1. The third kappa shape index (κ3) is 1.10. The summed E-state index contributed by atoms with van der Waals surface area (Å²) in [7, 11) is 0. The molecule has 2 aromatic heterocycles. The number of fused-ring (bicyclic) bond motifs is 2. The number of carboxylic acids is 1. The van der Waals surface area contributed by atoms with Crippen molar-refractivity contribution in [2.75, 3.05) is 0 Å². The van der Waals surface area contributed by atoms with Crippen molar-refractivity contribution in [3.05, 3.63) is 30.2 Å². The van der Waals surface area contributed by atoms with E-state index in [9.17, 15) is 4.79 Å². The molecule has 15 heavy (non-hydrogen) atoms. The smallest absolute Gasteiger partial charge is 0.371 e. The molecule has 0 radical (unpaired) electrons. The van der Waals surface area contributed by atoms with Gasteiger partial charge >= 0.3 is 5.97 Å². The van der Waals surface area contributed by atoms with Crippen LogP contribution in [0.4, 0.5) is 0 Å². The molecule has 0 aliphatic rings. The van der Waals surface area contributed by atoms with Gasteiger partial charge in [-0.15, -0.1) is 0 Å². The van der Waals surface area contributed by atoms with Crippen molar-refractivity contribution in [2.45, 2.75) is 0 Å². The van der Waals surface area contributed by atoms with Gasteiger partial charge < -0.3 is 14.0 Å². The molecule has 74 valence electrons. The molecule has 0 saturated heterocycles. The molecule has 0 aliphatic carbocycles. The molecule has 0 saturated carbocycles. The first-order valence-corrected chi connectivity index (χ1v) is 4.25. The van der Waals surface area contributed by atoms with E-state index in [4.69, 9.17) is 14.0 Å². The second kappa shape index (κ2) is 2.60. The molecule has 5 nitrogen and oxygen atoms in total. The third-order valence-electron chi connectivity index (χ3n) is 2.20. The third-order valence-corrected chi connectivity index (χ3v) is 2.20. The number of rotatable bonds is 1. The maximum Gasteiger partial charge on any atom is 0.371 e. The SMILES string of the molecule is O=C(O)c1cc2cc3cnoc3cc2o1. The van der Waals surface area contributed by atoms with Crippen molar-refractivity contribution in [3.8, 4) is 0 Å². The normalized spacial score (nSPS) is 11.2. The van der Waals surface area contributed by atoms with E-state index < -0.39 is 5.97 Å². The highest BCUT2D eigenvalue weighted by molar-refractivity contribution is 5.97. The van der Waals surface area contributed by atoms with Crippen molar-refractivity contribution in [2.24, 2.45) is 0 Å². The van der Waals surface area contributed by atoms with Gasteiger partial charge in [0.1, 0.15) is 5.58 Å². The minimum Gasteiger partial charge on any atom is -0.475 e. The molecule has 5 heteroatoms. The standard InChI is InChI=1S/C10H5NO4/c12-10(13)9-2-5-1-6-4-11-15-8(6)3-7(5)14-9/h1-4H,(H,12,13). The fourth-order valence-corrected chi connectivity index (χ4v) is 1.51. The quantitative estimate of drug-likeness (QED) is 0.656. The first-order valence-electron chi connectivity index (χ1n) is 4.25. The molecule has 0 fully saturated rings. The van der Waals surface area contributed by atoms with Crippen LogP contribution in [-0.2, 0) is 0 Å². The van der Waals surface area contributed by atoms with E-state index >= 15 is 0 Å². The average Bonchev–Trinajstić information content (AvgIpc) is 2.77. The van der Waals surface area contributed by atoms with Gasteiger partial charge in [-0.1, -0.05) is 5.16 Å². The topological polar surface area (TPSA) is 76.5 Å². The Morgan fingerprint density at radius 3 is 2.87 bits per heavy atom. The highest BCUT2D eigenvalue weighted by atomic mass is 16.5. The van der Waals surface area contributed by atoms with Crippen LogP contribution in [0.25, 0.3) is 21.9 Å². The predicted molar refractivity (Wildman–Crippen MR) is 50.7 cm³/mol. The Bertz CT molecular complexity index is 616. The van der Waals surface area contributed by atoms with Gasteiger partial charge in [0.25, 0.3) is 0 Å². The number of carboxylic acid groups (broad SMARTS) is 1. The maximum absolute atomic E-state index is 10.7. The van der Waals surface area contributed by atoms with E-state index in [1.165, 1.54) is 6.07 Å². The molecule has 0 unspecified atom stereocenters. The summed E-state index contributed by atoms with van der Waals surface area (Å²) in [5.41, 5.74) is 1.06. The Morgan fingerprint density at radius 1 is 1.20 bits per heavy atom. The van der Waals surface area contributed by atoms with Crippen molar-refractivity contribution in [1.29, 1.82) is 0 Å². The molecular weight excluding hydrogens is 198 g/mol. The Balaban J connectivity index is 2.38. The second-order valence-corrected chi connectivity index (χ2v) is 3.17. The van der Waals surface area contributed by atoms with E-state index in [1.807, 2.05) is 0 Å². The van der Waals surface area contributed by atoms with Crippen LogP contribution in [0.2, 0.25) is 0 Å². The number of furan rings is 1. The molecular formula is C10H5NO4. The van der Waals surface area contributed by atoms with Gasteiger partial charge in [0.05, 0.1) is 6.20 Å². The second-order valence-electron chi connectivity index (χ2n) is 3.17. The first-order chi connectivity index (χ1) is 7.24. The molecule has 3 aromatic rings. The lowest BCUT2D eigenvalue weighted by molar-refractivity contribution is 0.0665. The summed E-state index contributed by atoms with van der Waals surface area (Å²) < 4.78 is 10.1. The first kappa shape index (κ1) is 8.05. The molecule has 0 bridgehead atoms. The number of benzene rings is 1. The molecule has 1 aromatic carbocycles. The molecule has 2 heterocycles. The van der Waals surface area contributed by atoms with Gasteiger partial charge in [-0.2, -0.15) is 0 Å². The monoisotopic (exact) mass is 203 g/mol. The maximum atomic E-state index is 10.7. The van der Waals surface area contributed by atoms with Gasteiger partial charge in [0.2, 0.25) is 5.76 Å². The van der Waals surface area contributed by atoms with Gasteiger partial charge in [0.15, 0.2) is 5.58 Å². The van der Waals surface area contributed by atoms with Crippen LogP contribution in [0.15, 0.2) is 33.3 Å². The predicted octanol–water partition coefficient (Wildman–Crippen LogP) is 2.27. The number of aromatic carboxylic acids is 1. The van der Waals surface area contributed by atoms with Crippen LogP contribution in [0.3, 0.4) is 0 Å². The summed E-state index contributed by atoms with van der Waals surface area (Å²) in [6, 6.07) is 4.88. The lowest BCUT2D eigenvalue weighted by Crippen LogP contribution is -1.91. The average molecular weight is 203 g/mol. The summed E-state index contributed by atoms with van der Waals surface area (Å²) >= 11 is 0. The molecule has 0 atom stereocenters. The van der Waals surface area contributed by atoms with Crippen LogP contribution in [0.1, 0.15) is 10.6 Å². The van der Waals surface area contributed by atoms with Crippen LogP contribution in [0.5, 0.6) is 0 Å². The summed E-state index contributed by atoms with van der Waals surface area (Å²) in [5.74, 6) is -1.16. The molecule has 1 N–H and O–H groups in total. The summed E-state index contributed by atoms with van der Waals surface area (Å²) in [5, 5.41) is 13.9. The lowest BCUT2D eigenvalue weighted by atomic mass is 10.2. The Morgan fingerprint density at radius 2 is 2.07 bits per heavy atom. The van der Waals surface area contributed by atoms with Crippen molar-refractivity contribution < 1.29 is 18.8 Å². The minimum atomic E-state index is -1.08. The van der Waals surface area contributed by atoms with Gasteiger partial charge in [-0.05, 0) is 12.1 Å². The van der Waals surface area contributed by atoms with Crippen molar-refractivity contribution >= 4 is 27.9 Å². The fraction of sp³-hybridized carbons (Fsp3) is 0. The van der Waals surface area contributed by atoms with E-state index in [-0.39, 0.29) is 5.76 Å². The molecule has 0 spiro atoms. The van der Waals surface area contributed by atoms with Crippen LogP contribution >= 0.6 is 0 Å². The number of carbonyl (C=O) groups is 1. The number of hydrogen-bond donors (Lipinski definition) is 1. The van der Waals surface area contributed by atoms with Crippen LogP contribution in [0, 0.1) is 0 Å². The Kier molecular flexibility index (Phi) is 1.39. The van der Waals surface area contributed by atoms with Gasteiger partial charge in [-0.25, -0.2) is 4.79 Å². The Labute approximate surface area is 82.9 Å². The Hall–Kier alpha value is -2.30. The summed E-state index contributed by atoms with van der Waals surface area (Å²) in [6.07, 6.45) is 1.57. The van der Waals surface area contributed by atoms with Crippen molar-refractivity contribution in [3.63, 3.8) is 0 Å². The van der Waals surface area contributed by atoms with Gasteiger partial charge in [-0.3, -0.25) is 0 Å². The highest BCUT2D eigenvalue weighted by Gasteiger charge is 2.11. The van der Waals surface area contributed by atoms with Crippen molar-refractivity contribution in [1.82, 2.24) is 5.16 Å². The van der Waals surface area contributed by atoms with E-state index in [0.717, 1.165) is 10.8 Å². The van der Waals surface area contributed by atoms with E-state index in [2.05, 4.69) is 5.16 Å². The largest absolute Gasteiger partial charge is 0.475 e. The fourth-order valence-electron chi connectivity index (χ4n) is 1.51. The highest BCUT2D eigenvalue weighted by Crippen LogP contribution is 2.25. The lowest BCUT2D eigenvalue weighted by Gasteiger charge is -1.86. The van der Waals surface area contributed by atoms with Gasteiger partial charge in [0, 0.05) is 16.8 Å². The molecule has 3 rings (SSSR count). The number of aromatic nitrogens is 1. The van der Waals surface area contributed by atoms with E-state index in [0.29, 0.717) is 11.2 Å². The van der Waals surface area contributed by atoms with E-state index in [1.54, 1.807) is 18.3 Å². The number of hydrogen-bond acceptors (Lipinski definition) is 4. The zero-order valence-electron chi connectivity index (χ0n) is 7.43.